The Labute approximate surface area is 111 Å². The summed E-state index contributed by atoms with van der Waals surface area (Å²) in [4.78, 5) is 1.54. The highest BCUT2D eigenvalue weighted by Crippen LogP contribution is 2.20. The van der Waals surface area contributed by atoms with Crippen molar-refractivity contribution in [2.45, 2.75) is 38.6 Å². The topological polar surface area (TPSA) is 61.6 Å². The zero-order valence-corrected chi connectivity index (χ0v) is 11.6. The van der Waals surface area contributed by atoms with Gasteiger partial charge in [0.2, 0.25) is 0 Å². The van der Waals surface area contributed by atoms with Crippen molar-refractivity contribution in [1.82, 2.24) is 0 Å². The lowest BCUT2D eigenvalue weighted by molar-refractivity contribution is -0.802. The Balaban J connectivity index is 0.000000362. The second-order valence-corrected chi connectivity index (χ2v) is 5.46. The van der Waals surface area contributed by atoms with Gasteiger partial charge in [0.15, 0.2) is 10.1 Å². The molecule has 4 nitrogen and oxygen atoms in total. The van der Waals surface area contributed by atoms with Crippen molar-refractivity contribution < 1.29 is 31.0 Å². The van der Waals surface area contributed by atoms with Gasteiger partial charge in [-0.3, -0.25) is 4.90 Å². The molecule has 0 radical (unpaired) electrons. The molecule has 1 atom stereocenters. The van der Waals surface area contributed by atoms with E-state index in [0.29, 0.717) is 0 Å². The van der Waals surface area contributed by atoms with Gasteiger partial charge in [-0.2, -0.15) is 13.2 Å². The van der Waals surface area contributed by atoms with Crippen LogP contribution in [0, 0.1) is 0 Å². The van der Waals surface area contributed by atoms with E-state index < -0.39 is 15.6 Å². The Morgan fingerprint density at radius 1 is 1.32 bits per heavy atom. The molecule has 0 saturated carbocycles. The van der Waals surface area contributed by atoms with Gasteiger partial charge in [0.1, 0.15) is 5.70 Å². The highest BCUT2D eigenvalue weighted by molar-refractivity contribution is 7.86. The van der Waals surface area contributed by atoms with Crippen LogP contribution in [-0.2, 0) is 10.1 Å². The molecule has 0 aliphatic carbocycles. The smallest absolute Gasteiger partial charge is 0.485 e. The molecule has 1 N–H and O–H groups in total. The predicted octanol–water partition coefficient (Wildman–Crippen LogP) is 1.54. The third-order valence-corrected chi connectivity index (χ3v) is 3.05. The van der Waals surface area contributed by atoms with E-state index in [0.717, 1.165) is 0 Å². The third-order valence-electron chi connectivity index (χ3n) is 2.48. The Bertz CT molecular complexity index is 427. The van der Waals surface area contributed by atoms with Crippen LogP contribution in [-0.4, -0.2) is 25.0 Å². The number of hydrogen-bond donors (Lipinski definition) is 1. The van der Waals surface area contributed by atoms with Crippen molar-refractivity contribution in [3.63, 3.8) is 0 Å². The van der Waals surface area contributed by atoms with Crippen LogP contribution in [0.1, 0.15) is 33.1 Å². The van der Waals surface area contributed by atoms with Gasteiger partial charge in [-0.15, -0.1) is 0 Å². The van der Waals surface area contributed by atoms with Crippen molar-refractivity contribution in [2.75, 3.05) is 6.54 Å². The number of hydrogen-bond acceptors (Lipinski definition) is 3. The number of unbranched alkanes of at least 4 members (excludes halogenated alkanes) is 2. The maximum absolute atomic E-state index is 10.7. The highest BCUT2D eigenvalue weighted by atomic mass is 32.2. The SMILES string of the molecule is CCCCC[NH+]1C=CC=C1C.O=S(=O)([O-])C(F)(F)F. The van der Waals surface area contributed by atoms with Crippen molar-refractivity contribution in [1.29, 1.82) is 0 Å². The maximum atomic E-state index is 10.7. The summed E-state index contributed by atoms with van der Waals surface area (Å²) in [5.74, 6) is 0. The minimum absolute atomic E-state index is 1.27. The lowest BCUT2D eigenvalue weighted by Crippen LogP contribution is -3.04. The van der Waals surface area contributed by atoms with Gasteiger partial charge < -0.3 is 4.55 Å². The number of allylic oxidation sites excluding steroid dienone is 3. The molecule has 0 aromatic carbocycles. The van der Waals surface area contributed by atoms with Crippen molar-refractivity contribution in [3.05, 3.63) is 24.0 Å². The Morgan fingerprint density at radius 2 is 1.84 bits per heavy atom. The monoisotopic (exact) mass is 301 g/mol. The van der Waals surface area contributed by atoms with Crippen LogP contribution in [0.15, 0.2) is 24.0 Å². The molecule has 0 amide bonds. The lowest BCUT2D eigenvalue weighted by Gasteiger charge is -2.10. The standard InChI is InChI=1S/C10H17N.CHF3O3S/c1-3-4-5-8-11-9-6-7-10(11)2;2-1(3,4)8(5,6)7/h6-7,9H,3-5,8H2,1-2H3;(H,5,6,7). The largest absolute Gasteiger partial charge is 0.741 e. The summed E-state index contributed by atoms with van der Waals surface area (Å²) in [5.41, 5.74) is -4.19. The van der Waals surface area contributed by atoms with E-state index in [1.165, 1.54) is 31.5 Å². The summed E-state index contributed by atoms with van der Waals surface area (Å²) in [6, 6.07) is 0. The van der Waals surface area contributed by atoms with Gasteiger partial charge >= 0.3 is 5.51 Å². The average molecular weight is 301 g/mol. The van der Waals surface area contributed by atoms with Crippen LogP contribution in [0.5, 0.6) is 0 Å². The molecule has 0 spiro atoms. The normalized spacial score (nSPS) is 18.8. The summed E-state index contributed by atoms with van der Waals surface area (Å²) in [5, 5.41) is 0. The zero-order valence-electron chi connectivity index (χ0n) is 10.8. The Kier molecular flexibility index (Phi) is 7.32. The average Bonchev–Trinajstić information content (AvgIpc) is 2.63. The van der Waals surface area contributed by atoms with Gasteiger partial charge in [0, 0.05) is 6.92 Å². The van der Waals surface area contributed by atoms with Crippen molar-refractivity contribution in [2.24, 2.45) is 0 Å². The minimum Gasteiger partial charge on any atom is -0.741 e. The maximum Gasteiger partial charge on any atom is 0.485 e. The van der Waals surface area contributed by atoms with Crippen LogP contribution in [0.2, 0.25) is 0 Å². The first kappa shape index (κ1) is 18.1. The van der Waals surface area contributed by atoms with E-state index in [-0.39, 0.29) is 0 Å². The van der Waals surface area contributed by atoms with Gasteiger partial charge in [-0.05, 0) is 25.0 Å². The van der Waals surface area contributed by atoms with E-state index >= 15 is 0 Å². The number of nitrogens with one attached hydrogen (secondary N) is 1. The van der Waals surface area contributed by atoms with Crippen molar-refractivity contribution >= 4 is 10.1 Å². The van der Waals surface area contributed by atoms with Crippen LogP contribution in [0.4, 0.5) is 13.2 Å². The van der Waals surface area contributed by atoms with Crippen LogP contribution < -0.4 is 4.90 Å². The van der Waals surface area contributed by atoms with Gasteiger partial charge in [-0.25, -0.2) is 8.42 Å². The van der Waals surface area contributed by atoms with Gasteiger partial charge in [0.05, 0.1) is 12.7 Å². The Morgan fingerprint density at radius 3 is 2.16 bits per heavy atom. The molecule has 1 heterocycles. The molecule has 19 heavy (non-hydrogen) atoms. The lowest BCUT2D eigenvalue weighted by atomic mass is 10.2. The second kappa shape index (κ2) is 7.66. The molecular weight excluding hydrogens is 283 g/mol. The molecule has 1 aliphatic heterocycles. The van der Waals surface area contributed by atoms with Crippen LogP contribution in [0.25, 0.3) is 0 Å². The first-order valence-corrected chi connectivity index (χ1v) is 7.23. The van der Waals surface area contributed by atoms with E-state index in [4.69, 9.17) is 13.0 Å². The summed E-state index contributed by atoms with van der Waals surface area (Å²) in [6.07, 6.45) is 10.6. The van der Waals surface area contributed by atoms with E-state index in [2.05, 4.69) is 32.2 Å². The molecule has 1 rings (SSSR count). The van der Waals surface area contributed by atoms with Gasteiger partial charge in [-0.1, -0.05) is 13.3 Å². The highest BCUT2D eigenvalue weighted by Gasteiger charge is 2.36. The molecular formula is C11H18F3NO3S. The number of alkyl halides is 3. The number of quaternary nitrogens is 1. The molecule has 112 valence electrons. The van der Waals surface area contributed by atoms with E-state index in [9.17, 15) is 13.2 Å². The molecule has 0 aromatic rings. The summed E-state index contributed by atoms with van der Waals surface area (Å²) in [6.45, 7) is 5.71. The third kappa shape index (κ3) is 7.34. The molecule has 0 saturated heterocycles. The summed E-state index contributed by atoms with van der Waals surface area (Å²) >= 11 is 0. The first-order valence-electron chi connectivity index (χ1n) is 5.83. The second-order valence-electron chi connectivity index (χ2n) is 4.09. The first-order chi connectivity index (χ1) is 8.59. The fourth-order valence-electron chi connectivity index (χ4n) is 1.39. The summed E-state index contributed by atoms with van der Waals surface area (Å²) < 4.78 is 58.9. The zero-order chi connectivity index (χ0) is 15.1. The summed E-state index contributed by atoms with van der Waals surface area (Å²) in [7, 11) is -6.09. The van der Waals surface area contributed by atoms with E-state index in [1.807, 2.05) is 0 Å². The van der Waals surface area contributed by atoms with Crippen LogP contribution >= 0.6 is 0 Å². The fraction of sp³-hybridized carbons (Fsp3) is 0.636. The molecule has 8 heteroatoms. The molecule has 0 aromatic heterocycles. The number of halogens is 3. The number of rotatable bonds is 4. The molecule has 0 fully saturated rings. The molecule has 1 aliphatic rings. The van der Waals surface area contributed by atoms with Crippen LogP contribution in [0.3, 0.4) is 0 Å². The quantitative estimate of drug-likeness (QED) is 0.487. The Hall–Kier alpha value is -0.860. The van der Waals surface area contributed by atoms with Crippen molar-refractivity contribution in [3.8, 4) is 0 Å². The van der Waals surface area contributed by atoms with Gasteiger partial charge in [0.25, 0.3) is 0 Å². The van der Waals surface area contributed by atoms with E-state index in [1.54, 1.807) is 4.90 Å². The predicted molar refractivity (Wildman–Crippen MR) is 64.0 cm³/mol. The fourth-order valence-corrected chi connectivity index (χ4v) is 1.39. The molecule has 0 bridgehead atoms. The molecule has 1 unspecified atom stereocenters. The minimum atomic E-state index is -6.09.